The number of benzene rings is 6. The molecule has 0 saturated carbocycles. The largest absolute Gasteiger partial charge is 0.581 e. The number of hydrogen-bond acceptors (Lipinski definition) is 8. The van der Waals surface area contributed by atoms with Crippen LogP contribution in [0.2, 0.25) is 0 Å². The average Bonchev–Trinajstić information content (AvgIpc) is 4.28. The van der Waals surface area contributed by atoms with E-state index in [9.17, 15) is 0 Å². The second-order valence-corrected chi connectivity index (χ2v) is 17.3. The quantitative estimate of drug-likeness (QED) is 0.150. The minimum Gasteiger partial charge on any atom is -0.581 e. The Labute approximate surface area is 435 Å². The molecule has 2 unspecified atom stereocenters. The van der Waals surface area contributed by atoms with Crippen molar-refractivity contribution in [2.45, 2.75) is 10.8 Å². The summed E-state index contributed by atoms with van der Waals surface area (Å²) in [6, 6.07) is 62.4. The van der Waals surface area contributed by atoms with Gasteiger partial charge in [0.15, 0.2) is 0 Å². The molecular weight excluding hydrogens is 1230 g/mol. The Hall–Kier alpha value is -7.38. The Morgan fingerprint density at radius 3 is 1.26 bits per heavy atom. The van der Waals surface area contributed by atoms with Gasteiger partial charge in [-0.3, -0.25) is 9.97 Å². The number of anilines is 6. The number of hydrogen-bond donors (Lipinski definition) is 0. The van der Waals surface area contributed by atoms with E-state index in [1.807, 2.05) is 36.9 Å². The molecule has 6 heterocycles. The Morgan fingerprint density at radius 2 is 0.829 bits per heavy atom. The monoisotopic (exact) mass is 1270 g/mol. The van der Waals surface area contributed by atoms with Crippen LogP contribution in [0, 0.1) is 25.5 Å². The van der Waals surface area contributed by atoms with E-state index < -0.39 is 10.8 Å². The molecule has 12 heteroatoms. The van der Waals surface area contributed by atoms with Gasteiger partial charge in [-0.05, 0) is 83.9 Å². The molecule has 70 heavy (non-hydrogen) atoms. The van der Waals surface area contributed by atoms with Crippen molar-refractivity contribution in [3.8, 4) is 22.3 Å². The summed E-state index contributed by atoms with van der Waals surface area (Å²) >= 11 is 0. The summed E-state index contributed by atoms with van der Waals surface area (Å²) < 4.78 is 0. The van der Waals surface area contributed by atoms with Crippen molar-refractivity contribution in [2.24, 2.45) is 0 Å². The second kappa shape index (κ2) is 17.9. The molecule has 2 aliphatic heterocycles. The van der Waals surface area contributed by atoms with Crippen LogP contribution < -0.4 is 29.8 Å². The molecule has 0 spiro atoms. The number of aromatic nitrogens is 6. The molecule has 6 aromatic carbocycles. The van der Waals surface area contributed by atoms with Gasteiger partial charge in [0.2, 0.25) is 0 Å². The van der Waals surface area contributed by atoms with Crippen molar-refractivity contribution in [3.05, 3.63) is 265 Å². The van der Waals surface area contributed by atoms with Crippen molar-refractivity contribution >= 4 is 34.1 Å². The third kappa shape index (κ3) is 6.60. The summed E-state index contributed by atoms with van der Waals surface area (Å²) in [5.74, 6) is 0. The normalized spacial score (nSPS) is 17.5. The zero-order valence-electron chi connectivity index (χ0n) is 37.7. The van der Waals surface area contributed by atoms with Gasteiger partial charge in [-0.15, -0.1) is 22.5 Å². The molecule has 0 fully saturated rings. The number of nitrogens with zero attached hydrogens (tertiary/aromatic N) is 10. The van der Waals surface area contributed by atoms with E-state index >= 15 is 0 Å². The molecule has 4 aromatic heterocycles. The topological polar surface area (TPSA) is 92.7 Å². The summed E-state index contributed by atoms with van der Waals surface area (Å²) in [6.45, 7) is 4.21. The van der Waals surface area contributed by atoms with Crippen molar-refractivity contribution in [3.63, 3.8) is 0 Å². The molecular formula is C58H40N10Pt2-6. The summed E-state index contributed by atoms with van der Waals surface area (Å²) in [5.41, 5.74) is 18.4. The maximum atomic E-state index is 4.60. The first-order valence-electron chi connectivity index (χ1n) is 22.5. The predicted octanol–water partition coefficient (Wildman–Crippen LogP) is 10.6. The van der Waals surface area contributed by atoms with Gasteiger partial charge in [0.05, 0.1) is 10.8 Å². The summed E-state index contributed by atoms with van der Waals surface area (Å²) in [5, 5.41) is 17.6. The summed E-state index contributed by atoms with van der Waals surface area (Å²) in [7, 11) is 4.14. The van der Waals surface area contributed by atoms with Crippen LogP contribution in [0.25, 0.3) is 22.3 Å². The van der Waals surface area contributed by atoms with Crippen molar-refractivity contribution in [1.29, 1.82) is 0 Å². The first-order chi connectivity index (χ1) is 33.6. The van der Waals surface area contributed by atoms with Crippen LogP contribution in [-0.4, -0.2) is 34.3 Å². The van der Waals surface area contributed by atoms with E-state index in [1.54, 1.807) is 12.4 Å². The van der Waals surface area contributed by atoms with Crippen LogP contribution in [0.1, 0.15) is 44.8 Å². The third-order valence-corrected chi connectivity index (χ3v) is 13.9. The van der Waals surface area contributed by atoms with Crippen LogP contribution in [0.5, 0.6) is 0 Å². The SMILES string of the molecule is CN1[CH-]N(c2[c-]c(C3(c4cc[n-]n4)c4ccccc4-c4cnccc43)ccc2)c2ccccc21.CN1[CH-]N(c2[c-]c(C3(c4cc[n-]n4)c4ccccc4-c4cnccc43)ccc2)c2ccccc21.[Pt].[Pt]. The minimum atomic E-state index is -0.619. The number of fused-ring (bicyclic) bond motifs is 8. The van der Waals surface area contributed by atoms with Gasteiger partial charge in [-0.2, -0.15) is 74.3 Å². The van der Waals surface area contributed by atoms with Gasteiger partial charge < -0.3 is 40.0 Å². The fourth-order valence-electron chi connectivity index (χ4n) is 11.1. The smallest absolute Gasteiger partial charge is 0.0645 e. The average molecular weight is 1270 g/mol. The van der Waals surface area contributed by atoms with Crippen molar-refractivity contribution in [1.82, 2.24) is 30.4 Å². The van der Waals surface area contributed by atoms with Gasteiger partial charge in [0, 0.05) is 112 Å². The van der Waals surface area contributed by atoms with Crippen LogP contribution in [-0.2, 0) is 53.0 Å². The minimum absolute atomic E-state index is 0. The van der Waals surface area contributed by atoms with E-state index in [0.717, 1.165) is 67.5 Å². The zero-order chi connectivity index (χ0) is 45.4. The predicted molar refractivity (Wildman–Crippen MR) is 266 cm³/mol. The molecule has 348 valence electrons. The molecule has 2 atom stereocenters. The van der Waals surface area contributed by atoms with Crippen LogP contribution in [0.4, 0.5) is 34.1 Å². The molecule has 0 N–H and O–H groups in total. The third-order valence-electron chi connectivity index (χ3n) is 13.9. The van der Waals surface area contributed by atoms with E-state index in [0.29, 0.717) is 0 Å². The second-order valence-electron chi connectivity index (χ2n) is 17.3. The molecule has 4 aliphatic rings. The Morgan fingerprint density at radius 1 is 0.429 bits per heavy atom. The first-order valence-corrected chi connectivity index (χ1v) is 22.5. The van der Waals surface area contributed by atoms with Gasteiger partial charge >= 0.3 is 0 Å². The molecule has 0 radical (unpaired) electrons. The Bertz CT molecular complexity index is 3200. The number of pyridine rings is 2. The van der Waals surface area contributed by atoms with Crippen molar-refractivity contribution in [2.75, 3.05) is 33.7 Å². The number of rotatable bonds is 6. The fraction of sp³-hybridized carbons (Fsp3) is 0.0690. The van der Waals surface area contributed by atoms with Gasteiger partial charge in [-0.25, -0.2) is 0 Å². The van der Waals surface area contributed by atoms with Crippen LogP contribution >= 0.6 is 0 Å². The van der Waals surface area contributed by atoms with Gasteiger partial charge in [0.25, 0.3) is 0 Å². The zero-order valence-corrected chi connectivity index (χ0v) is 42.3. The molecule has 0 saturated heterocycles. The standard InChI is InChI=1S/2C29H20N5.2Pt/c2*1-33-19-34(27-12-5-4-11-26(27)33)21-8-6-7-20(17-21)29(28-14-16-31-32-28)24-10-3-2-9-22(24)23-18-30-15-13-25(23)29;;/h2*2-16,18-19H,1H3;;/q2*-3;;. The molecule has 0 bridgehead atoms. The first kappa shape index (κ1) is 45.1. The van der Waals surface area contributed by atoms with Crippen LogP contribution in [0.3, 0.4) is 0 Å². The summed E-state index contributed by atoms with van der Waals surface area (Å²) in [4.78, 5) is 17.6. The van der Waals surface area contributed by atoms with E-state index in [2.05, 4.69) is 235 Å². The van der Waals surface area contributed by atoms with Crippen molar-refractivity contribution < 1.29 is 42.1 Å². The van der Waals surface area contributed by atoms with E-state index in [-0.39, 0.29) is 42.1 Å². The maximum Gasteiger partial charge on any atom is 0.0645 e. The molecule has 2 aliphatic carbocycles. The molecule has 14 rings (SSSR count). The molecule has 10 aromatic rings. The Balaban J connectivity index is 0.000000148. The van der Waals surface area contributed by atoms with Gasteiger partial charge in [-0.1, -0.05) is 84.9 Å². The van der Waals surface area contributed by atoms with E-state index in [4.69, 9.17) is 0 Å². The van der Waals surface area contributed by atoms with Gasteiger partial charge in [0.1, 0.15) is 0 Å². The fourth-order valence-corrected chi connectivity index (χ4v) is 11.1. The molecule has 10 nitrogen and oxygen atoms in total. The van der Waals surface area contributed by atoms with E-state index in [1.165, 1.54) is 33.6 Å². The molecule has 0 amide bonds. The Kier molecular flexibility index (Phi) is 11.5. The maximum absolute atomic E-state index is 4.60. The number of para-hydroxylation sites is 4. The summed E-state index contributed by atoms with van der Waals surface area (Å²) in [6.07, 6.45) is 11.2. The van der Waals surface area contributed by atoms with Crippen LogP contribution in [0.15, 0.2) is 195 Å².